The van der Waals surface area contributed by atoms with E-state index < -0.39 is 10.0 Å². The first-order valence-electron chi connectivity index (χ1n) is 9.77. The van der Waals surface area contributed by atoms with Crippen LogP contribution in [0.2, 0.25) is 0 Å². The highest BCUT2D eigenvalue weighted by atomic mass is 32.2. The molecule has 1 N–H and O–H groups in total. The summed E-state index contributed by atoms with van der Waals surface area (Å²) in [6, 6.07) is 6.50. The van der Waals surface area contributed by atoms with E-state index in [-0.39, 0.29) is 16.7 Å². The maximum Gasteiger partial charge on any atom is 0.243 e. The molecule has 0 spiro atoms. The Hall–Kier alpha value is -1.40. The maximum absolute atomic E-state index is 12.9. The van der Waals surface area contributed by atoms with Gasteiger partial charge in [0.05, 0.1) is 4.90 Å². The number of hydrogen-bond acceptors (Lipinski definition) is 3. The van der Waals surface area contributed by atoms with Crippen molar-refractivity contribution in [3.05, 3.63) is 24.3 Å². The number of carbonyl (C=O) groups is 1. The number of anilines is 1. The molecule has 148 valence electrons. The zero-order chi connectivity index (χ0) is 19.6. The second-order valence-electron chi connectivity index (χ2n) is 6.81. The Morgan fingerprint density at radius 1 is 1.00 bits per heavy atom. The van der Waals surface area contributed by atoms with E-state index >= 15 is 0 Å². The molecule has 0 bridgehead atoms. The Labute approximate surface area is 159 Å². The molecule has 0 saturated heterocycles. The van der Waals surface area contributed by atoms with Gasteiger partial charge in [-0.2, -0.15) is 4.31 Å². The molecule has 26 heavy (non-hydrogen) atoms. The summed E-state index contributed by atoms with van der Waals surface area (Å²) in [6.45, 7) is 9.16. The Balaban J connectivity index is 2.87. The van der Waals surface area contributed by atoms with Crippen molar-refractivity contribution in [2.45, 2.75) is 71.1 Å². The van der Waals surface area contributed by atoms with Crippen LogP contribution >= 0.6 is 0 Å². The second-order valence-corrected chi connectivity index (χ2v) is 8.75. The van der Waals surface area contributed by atoms with Crippen molar-refractivity contribution in [2.24, 2.45) is 5.92 Å². The van der Waals surface area contributed by atoms with Crippen LogP contribution in [0.3, 0.4) is 0 Å². The molecule has 0 aliphatic rings. The summed E-state index contributed by atoms with van der Waals surface area (Å²) < 4.78 is 27.4. The predicted molar refractivity (Wildman–Crippen MR) is 108 cm³/mol. The molecule has 6 heteroatoms. The van der Waals surface area contributed by atoms with Crippen molar-refractivity contribution in [3.63, 3.8) is 0 Å². The van der Waals surface area contributed by atoms with E-state index in [0.29, 0.717) is 18.8 Å². The summed E-state index contributed by atoms with van der Waals surface area (Å²) in [6.07, 6.45) is 5.41. The van der Waals surface area contributed by atoms with Crippen molar-refractivity contribution >= 4 is 21.6 Å². The van der Waals surface area contributed by atoms with Crippen molar-refractivity contribution < 1.29 is 13.2 Å². The number of rotatable bonds is 12. The van der Waals surface area contributed by atoms with Crippen LogP contribution in [0, 0.1) is 5.92 Å². The van der Waals surface area contributed by atoms with E-state index in [4.69, 9.17) is 0 Å². The standard InChI is InChI=1S/C20H34N2O3S/c1-5-8-15-22(16-9-6-2)26(24,25)19-13-11-18(12-14-19)21-20(23)17(4)10-7-3/h11-14,17H,5-10,15-16H2,1-4H3,(H,21,23)/t17-/m0/s1. The van der Waals surface area contributed by atoms with Crippen LogP contribution in [0.4, 0.5) is 5.69 Å². The predicted octanol–water partition coefficient (Wildman–Crippen LogP) is 4.65. The quantitative estimate of drug-likeness (QED) is 0.572. The second kappa shape index (κ2) is 11.3. The lowest BCUT2D eigenvalue weighted by molar-refractivity contribution is -0.119. The van der Waals surface area contributed by atoms with Crippen LogP contribution in [0.15, 0.2) is 29.2 Å². The average molecular weight is 383 g/mol. The van der Waals surface area contributed by atoms with Gasteiger partial charge >= 0.3 is 0 Å². The fourth-order valence-corrected chi connectivity index (χ4v) is 4.23. The van der Waals surface area contributed by atoms with Gasteiger partial charge in [-0.3, -0.25) is 4.79 Å². The number of nitrogens with one attached hydrogen (secondary N) is 1. The molecule has 0 aliphatic heterocycles. The highest BCUT2D eigenvalue weighted by Crippen LogP contribution is 2.20. The topological polar surface area (TPSA) is 66.5 Å². The molecule has 0 aromatic heterocycles. The fraction of sp³-hybridized carbons (Fsp3) is 0.650. The van der Waals surface area contributed by atoms with Gasteiger partial charge in [-0.15, -0.1) is 0 Å². The number of amides is 1. The summed E-state index contributed by atoms with van der Waals surface area (Å²) in [5, 5.41) is 2.86. The fourth-order valence-electron chi connectivity index (χ4n) is 2.71. The van der Waals surface area contributed by atoms with Gasteiger partial charge in [0.15, 0.2) is 0 Å². The summed E-state index contributed by atoms with van der Waals surface area (Å²) in [4.78, 5) is 12.4. The molecule has 0 radical (unpaired) electrons. The monoisotopic (exact) mass is 382 g/mol. The lowest BCUT2D eigenvalue weighted by atomic mass is 10.1. The zero-order valence-corrected chi connectivity index (χ0v) is 17.4. The van der Waals surface area contributed by atoms with Crippen LogP contribution in [0.5, 0.6) is 0 Å². The third-order valence-corrected chi connectivity index (χ3v) is 6.36. The Bertz CT molecular complexity index is 634. The summed E-state index contributed by atoms with van der Waals surface area (Å²) in [7, 11) is -3.50. The first-order chi connectivity index (χ1) is 12.4. The van der Waals surface area contributed by atoms with Crippen LogP contribution in [0.25, 0.3) is 0 Å². The minimum Gasteiger partial charge on any atom is -0.326 e. The Kier molecular flexibility index (Phi) is 9.88. The molecule has 1 atom stereocenters. The number of carbonyl (C=O) groups excluding carboxylic acids is 1. The van der Waals surface area contributed by atoms with E-state index in [1.54, 1.807) is 28.6 Å². The molecule has 0 heterocycles. The summed E-state index contributed by atoms with van der Waals surface area (Å²) >= 11 is 0. The van der Waals surface area contributed by atoms with Gasteiger partial charge < -0.3 is 5.32 Å². The van der Waals surface area contributed by atoms with Crippen LogP contribution in [-0.2, 0) is 14.8 Å². The number of hydrogen-bond donors (Lipinski definition) is 1. The van der Waals surface area contributed by atoms with Crippen molar-refractivity contribution in [1.82, 2.24) is 4.31 Å². The lowest BCUT2D eigenvalue weighted by Gasteiger charge is -2.22. The van der Waals surface area contributed by atoms with Gasteiger partial charge in [0.2, 0.25) is 15.9 Å². The molecule has 1 aromatic rings. The first kappa shape index (κ1) is 22.6. The van der Waals surface area contributed by atoms with Crippen molar-refractivity contribution in [1.29, 1.82) is 0 Å². The Morgan fingerprint density at radius 3 is 2.00 bits per heavy atom. The number of unbranched alkanes of at least 4 members (excludes halogenated alkanes) is 2. The number of benzene rings is 1. The minimum atomic E-state index is -3.50. The third-order valence-electron chi connectivity index (χ3n) is 4.45. The molecule has 0 unspecified atom stereocenters. The normalized spacial score (nSPS) is 13.0. The van der Waals surface area contributed by atoms with Gasteiger partial charge in [-0.05, 0) is 43.5 Å². The number of sulfonamides is 1. The summed E-state index contributed by atoms with van der Waals surface area (Å²) in [5.74, 6) is -0.0861. The first-order valence-corrected chi connectivity index (χ1v) is 11.2. The third kappa shape index (κ3) is 6.72. The van der Waals surface area contributed by atoms with Gasteiger partial charge in [-0.25, -0.2) is 8.42 Å². The van der Waals surface area contributed by atoms with Gasteiger partial charge in [0.1, 0.15) is 0 Å². The zero-order valence-electron chi connectivity index (χ0n) is 16.6. The molecule has 0 saturated carbocycles. The van der Waals surface area contributed by atoms with Gasteiger partial charge in [0, 0.05) is 24.7 Å². The number of nitrogens with zero attached hydrogens (tertiary/aromatic N) is 1. The molecule has 1 aromatic carbocycles. The highest BCUT2D eigenvalue weighted by molar-refractivity contribution is 7.89. The molecule has 5 nitrogen and oxygen atoms in total. The summed E-state index contributed by atoms with van der Waals surface area (Å²) in [5.41, 5.74) is 0.630. The lowest BCUT2D eigenvalue weighted by Crippen LogP contribution is -2.33. The van der Waals surface area contributed by atoms with Crippen LogP contribution in [-0.4, -0.2) is 31.7 Å². The van der Waals surface area contributed by atoms with Gasteiger partial charge in [0.25, 0.3) is 0 Å². The van der Waals surface area contributed by atoms with E-state index in [9.17, 15) is 13.2 Å². The molecular formula is C20H34N2O3S. The smallest absolute Gasteiger partial charge is 0.243 e. The van der Waals surface area contributed by atoms with Gasteiger partial charge in [-0.1, -0.05) is 47.0 Å². The molecule has 1 rings (SSSR count). The van der Waals surface area contributed by atoms with Crippen molar-refractivity contribution in [2.75, 3.05) is 18.4 Å². The van der Waals surface area contributed by atoms with Crippen LogP contribution < -0.4 is 5.32 Å². The Morgan fingerprint density at radius 2 is 1.54 bits per heavy atom. The largest absolute Gasteiger partial charge is 0.326 e. The molecule has 0 aliphatic carbocycles. The average Bonchev–Trinajstić information content (AvgIpc) is 2.62. The minimum absolute atomic E-state index is 0.0324. The van der Waals surface area contributed by atoms with Crippen LogP contribution in [0.1, 0.15) is 66.2 Å². The molecule has 1 amide bonds. The van der Waals surface area contributed by atoms with E-state index in [2.05, 4.69) is 19.2 Å². The van der Waals surface area contributed by atoms with E-state index in [1.165, 1.54) is 0 Å². The maximum atomic E-state index is 12.9. The van der Waals surface area contributed by atoms with Crippen molar-refractivity contribution in [3.8, 4) is 0 Å². The molecular weight excluding hydrogens is 348 g/mol. The highest BCUT2D eigenvalue weighted by Gasteiger charge is 2.23. The van der Waals surface area contributed by atoms with E-state index in [0.717, 1.165) is 38.5 Å². The van der Waals surface area contributed by atoms with E-state index in [1.807, 2.05) is 13.8 Å². The SMILES string of the molecule is CCCCN(CCCC)S(=O)(=O)c1ccc(NC(=O)[C@@H](C)CCC)cc1. The molecule has 0 fully saturated rings.